The van der Waals surface area contributed by atoms with Crippen molar-refractivity contribution in [3.8, 4) is 34.0 Å². The SMILES string of the molecule is COc1ccc(-c2cc(N3CCC(NC(C)(C)C)CC3)c3ccccc3n2)cc1.COc1ccc(-c2cc(N3CCC(NC(C)(C)C)CC3)c3ccccc3n2)cc1.Cl.Cl. The van der Waals surface area contributed by atoms with Crippen LogP contribution in [0.5, 0.6) is 11.5 Å². The smallest absolute Gasteiger partial charge is 0.118 e. The van der Waals surface area contributed by atoms with Gasteiger partial charge in [0.05, 0.1) is 36.6 Å². The van der Waals surface area contributed by atoms with Crippen molar-refractivity contribution in [2.45, 2.75) is 90.4 Å². The van der Waals surface area contributed by atoms with Crippen molar-refractivity contribution in [1.82, 2.24) is 20.6 Å². The standard InChI is InChI=1S/2C25H31N3O.2ClH/c2*1-25(2,3)27-19-13-15-28(16-14-19)24-17-23(18-9-11-20(29-4)12-10-18)26-22-8-6-5-7-21(22)24;;/h2*5-12,17,19,27H,13-16H2,1-4H3;2*1H. The lowest BCUT2D eigenvalue weighted by Gasteiger charge is -2.37. The van der Waals surface area contributed by atoms with E-state index >= 15 is 0 Å². The van der Waals surface area contributed by atoms with E-state index in [1.807, 2.05) is 24.3 Å². The molecule has 8 rings (SSSR count). The summed E-state index contributed by atoms with van der Waals surface area (Å²) >= 11 is 0. The molecular weight excluding hydrogens is 787 g/mol. The Balaban J connectivity index is 0.000000220. The summed E-state index contributed by atoms with van der Waals surface area (Å²) in [5.74, 6) is 1.73. The van der Waals surface area contributed by atoms with Crippen LogP contribution >= 0.6 is 24.8 Å². The number of hydrogen-bond donors (Lipinski definition) is 2. The summed E-state index contributed by atoms with van der Waals surface area (Å²) < 4.78 is 10.6. The van der Waals surface area contributed by atoms with Gasteiger partial charge in [-0.05, 0) is 140 Å². The predicted molar refractivity (Wildman–Crippen MR) is 258 cm³/mol. The van der Waals surface area contributed by atoms with Gasteiger partial charge in [0.15, 0.2) is 0 Å². The number of nitrogens with zero attached hydrogens (tertiary/aromatic N) is 4. The highest BCUT2D eigenvalue weighted by atomic mass is 35.5. The van der Waals surface area contributed by atoms with Gasteiger partial charge < -0.3 is 29.9 Å². The van der Waals surface area contributed by atoms with E-state index in [-0.39, 0.29) is 35.9 Å². The second-order valence-corrected chi connectivity index (χ2v) is 17.9. The van der Waals surface area contributed by atoms with Gasteiger partial charge in [-0.15, -0.1) is 24.8 Å². The van der Waals surface area contributed by atoms with Crippen molar-refractivity contribution in [3.05, 3.63) is 109 Å². The van der Waals surface area contributed by atoms with Gasteiger partial charge in [-0.25, -0.2) is 9.97 Å². The summed E-state index contributed by atoms with van der Waals surface area (Å²) in [5.41, 5.74) is 9.25. The van der Waals surface area contributed by atoms with Crippen molar-refractivity contribution in [1.29, 1.82) is 0 Å². The van der Waals surface area contributed by atoms with E-state index in [1.54, 1.807) is 14.2 Å². The molecule has 6 aromatic rings. The lowest BCUT2D eigenvalue weighted by Crippen LogP contribution is -2.49. The molecule has 8 nitrogen and oxygen atoms in total. The molecule has 0 radical (unpaired) electrons. The summed E-state index contributed by atoms with van der Waals surface area (Å²) in [6, 6.07) is 38.9. The van der Waals surface area contributed by atoms with Crippen LogP contribution < -0.4 is 29.9 Å². The van der Waals surface area contributed by atoms with Crippen LogP contribution in [0.2, 0.25) is 0 Å². The molecule has 2 aliphatic rings. The minimum atomic E-state index is 0. The zero-order chi connectivity index (χ0) is 40.9. The third-order valence-electron chi connectivity index (χ3n) is 11.1. The zero-order valence-electron chi connectivity index (χ0n) is 36.6. The minimum absolute atomic E-state index is 0. The molecule has 2 aliphatic heterocycles. The van der Waals surface area contributed by atoms with Crippen LogP contribution in [0.1, 0.15) is 67.2 Å². The molecule has 0 amide bonds. The minimum Gasteiger partial charge on any atom is -0.497 e. The number of piperidine rings is 2. The van der Waals surface area contributed by atoms with Crippen LogP contribution in [0.15, 0.2) is 109 Å². The monoisotopic (exact) mass is 850 g/mol. The Hall–Kier alpha value is -4.60. The van der Waals surface area contributed by atoms with Crippen LogP contribution in [-0.2, 0) is 0 Å². The highest BCUT2D eigenvalue weighted by Gasteiger charge is 2.26. The molecule has 320 valence electrons. The molecule has 60 heavy (non-hydrogen) atoms. The summed E-state index contributed by atoms with van der Waals surface area (Å²) in [7, 11) is 3.39. The Morgan fingerprint density at radius 1 is 0.500 bits per heavy atom. The number of para-hydroxylation sites is 2. The fourth-order valence-electron chi connectivity index (χ4n) is 8.41. The number of anilines is 2. The van der Waals surface area contributed by atoms with Crippen molar-refractivity contribution >= 4 is 58.0 Å². The largest absolute Gasteiger partial charge is 0.497 e. The van der Waals surface area contributed by atoms with Crippen molar-refractivity contribution in [3.63, 3.8) is 0 Å². The molecule has 0 unspecified atom stereocenters. The fraction of sp³-hybridized carbons (Fsp3) is 0.400. The molecule has 0 spiro atoms. The molecule has 2 N–H and O–H groups in total. The molecule has 0 atom stereocenters. The number of hydrogen-bond acceptors (Lipinski definition) is 8. The Bertz CT molecular complexity index is 2110. The second kappa shape index (κ2) is 20.3. The number of halogens is 2. The van der Waals surface area contributed by atoms with Gasteiger partial charge in [0, 0.05) is 82.6 Å². The number of fused-ring (bicyclic) bond motifs is 2. The van der Waals surface area contributed by atoms with Crippen LogP contribution in [0.4, 0.5) is 11.4 Å². The maximum absolute atomic E-state index is 5.30. The maximum Gasteiger partial charge on any atom is 0.118 e. The molecule has 2 fully saturated rings. The van der Waals surface area contributed by atoms with Gasteiger partial charge in [-0.1, -0.05) is 36.4 Å². The van der Waals surface area contributed by atoms with E-state index in [2.05, 4.69) is 147 Å². The number of rotatable bonds is 8. The first-order chi connectivity index (χ1) is 27.9. The first-order valence-electron chi connectivity index (χ1n) is 21.0. The summed E-state index contributed by atoms with van der Waals surface area (Å²) in [4.78, 5) is 14.9. The predicted octanol–water partition coefficient (Wildman–Crippen LogP) is 11.4. The summed E-state index contributed by atoms with van der Waals surface area (Å²) in [6.45, 7) is 17.7. The fourth-order valence-corrected chi connectivity index (χ4v) is 8.41. The van der Waals surface area contributed by atoms with Crippen LogP contribution in [0.25, 0.3) is 44.3 Å². The molecule has 2 saturated heterocycles. The third kappa shape index (κ3) is 11.8. The average molecular weight is 852 g/mol. The number of benzene rings is 4. The Morgan fingerprint density at radius 2 is 0.833 bits per heavy atom. The second-order valence-electron chi connectivity index (χ2n) is 17.9. The highest BCUT2D eigenvalue weighted by molar-refractivity contribution is 5.95. The first kappa shape index (κ1) is 46.5. The van der Waals surface area contributed by atoms with Crippen LogP contribution in [0, 0.1) is 0 Å². The van der Waals surface area contributed by atoms with E-state index in [0.717, 1.165) is 96.9 Å². The van der Waals surface area contributed by atoms with Gasteiger partial charge in [0.25, 0.3) is 0 Å². The quantitative estimate of drug-likeness (QED) is 0.157. The number of aromatic nitrogens is 2. The Kier molecular flexibility index (Phi) is 15.7. The average Bonchev–Trinajstić information content (AvgIpc) is 3.22. The van der Waals surface area contributed by atoms with Crippen molar-refractivity contribution < 1.29 is 9.47 Å². The van der Waals surface area contributed by atoms with E-state index < -0.39 is 0 Å². The first-order valence-corrected chi connectivity index (χ1v) is 21.0. The molecule has 0 bridgehead atoms. The Morgan fingerprint density at radius 3 is 1.15 bits per heavy atom. The van der Waals surface area contributed by atoms with Crippen molar-refractivity contribution in [2.75, 3.05) is 50.2 Å². The summed E-state index contributed by atoms with van der Waals surface area (Å²) in [5, 5.41) is 9.99. The van der Waals surface area contributed by atoms with Gasteiger partial charge >= 0.3 is 0 Å². The maximum atomic E-state index is 5.30. The van der Waals surface area contributed by atoms with Gasteiger partial charge in [0.1, 0.15) is 11.5 Å². The van der Waals surface area contributed by atoms with E-state index in [4.69, 9.17) is 19.4 Å². The molecule has 4 heterocycles. The molecule has 0 aliphatic carbocycles. The number of pyridine rings is 2. The van der Waals surface area contributed by atoms with Crippen molar-refractivity contribution in [2.24, 2.45) is 0 Å². The lowest BCUT2D eigenvalue weighted by atomic mass is 9.98. The molecule has 4 aromatic carbocycles. The van der Waals surface area contributed by atoms with Crippen LogP contribution in [-0.4, -0.2) is 73.5 Å². The third-order valence-corrected chi connectivity index (χ3v) is 11.1. The molecule has 0 saturated carbocycles. The zero-order valence-corrected chi connectivity index (χ0v) is 38.3. The number of ether oxygens (including phenoxy) is 2. The van der Waals surface area contributed by atoms with E-state index in [1.165, 1.54) is 22.1 Å². The molecule has 10 heteroatoms. The van der Waals surface area contributed by atoms with E-state index in [9.17, 15) is 0 Å². The number of methoxy groups -OCH3 is 2. The normalized spacial score (nSPS) is 15.1. The summed E-state index contributed by atoms with van der Waals surface area (Å²) in [6.07, 6.45) is 4.63. The van der Waals surface area contributed by atoms with Crippen LogP contribution in [0.3, 0.4) is 0 Å². The Labute approximate surface area is 370 Å². The molecular formula is C50H64Cl2N6O2. The highest BCUT2D eigenvalue weighted by Crippen LogP contribution is 2.35. The van der Waals surface area contributed by atoms with Gasteiger partial charge in [-0.3, -0.25) is 0 Å². The lowest BCUT2D eigenvalue weighted by molar-refractivity contribution is 0.317. The molecule has 2 aromatic heterocycles. The van der Waals surface area contributed by atoms with Gasteiger partial charge in [-0.2, -0.15) is 0 Å². The van der Waals surface area contributed by atoms with Gasteiger partial charge in [0.2, 0.25) is 0 Å². The van der Waals surface area contributed by atoms with E-state index in [0.29, 0.717) is 12.1 Å². The topological polar surface area (TPSA) is 74.8 Å². The number of nitrogens with one attached hydrogen (secondary N) is 2.